The number of carbonyl (C=O) groups is 2. The molecule has 0 atom stereocenters. The van der Waals surface area contributed by atoms with Crippen LogP contribution in [0.2, 0.25) is 0 Å². The van der Waals surface area contributed by atoms with Gasteiger partial charge in [-0.1, -0.05) is 35.5 Å². The number of rotatable bonds is 7. The highest BCUT2D eigenvalue weighted by molar-refractivity contribution is 6.09. The molecule has 1 N–H and O–H groups in total. The number of nitrogens with one attached hydrogen (secondary N) is 1. The second kappa shape index (κ2) is 11.2. The third-order valence-corrected chi connectivity index (χ3v) is 6.13. The molecule has 0 unspecified atom stereocenters. The van der Waals surface area contributed by atoms with Crippen molar-refractivity contribution in [1.29, 1.82) is 0 Å². The average Bonchev–Trinajstić information content (AvgIpc) is 3.32. The van der Waals surface area contributed by atoms with Gasteiger partial charge >= 0.3 is 12.1 Å². The van der Waals surface area contributed by atoms with Crippen LogP contribution in [0.15, 0.2) is 59.4 Å². The van der Waals surface area contributed by atoms with Crippen LogP contribution in [0, 0.1) is 6.92 Å². The number of hydrogen-bond donors (Lipinski definition) is 1. The highest BCUT2D eigenvalue weighted by Crippen LogP contribution is 2.30. The van der Waals surface area contributed by atoms with Crippen molar-refractivity contribution in [3.05, 3.63) is 66.2 Å². The van der Waals surface area contributed by atoms with Gasteiger partial charge in [0, 0.05) is 23.5 Å². The van der Waals surface area contributed by atoms with Crippen LogP contribution < -0.4 is 14.8 Å². The van der Waals surface area contributed by atoms with Crippen LogP contribution in [0.25, 0.3) is 22.5 Å². The molecule has 4 heterocycles. The van der Waals surface area contributed by atoms with E-state index in [1.54, 1.807) is 36.4 Å². The molecule has 12 nitrogen and oxygen atoms in total. The fraction of sp³-hybridized carbons (Fsp3) is 0.310. The number of aryl methyl sites for hydroxylation is 1. The number of anilines is 1. The molecule has 0 bridgehead atoms. The summed E-state index contributed by atoms with van der Waals surface area (Å²) in [6.07, 6.45) is 2.57. The molecular formula is C29H30N6O6. The van der Waals surface area contributed by atoms with E-state index in [-0.39, 0.29) is 24.1 Å². The summed E-state index contributed by atoms with van der Waals surface area (Å²) in [6.45, 7) is 7.94. The molecule has 4 aromatic rings. The minimum absolute atomic E-state index is 0.191. The van der Waals surface area contributed by atoms with Crippen molar-refractivity contribution < 1.29 is 28.3 Å². The van der Waals surface area contributed by atoms with E-state index in [0.717, 1.165) is 5.56 Å². The van der Waals surface area contributed by atoms with Crippen LogP contribution in [-0.4, -0.2) is 68.9 Å². The van der Waals surface area contributed by atoms with Gasteiger partial charge in [0.25, 0.3) is 5.91 Å². The number of ether oxygens (including phenoxy) is 3. The van der Waals surface area contributed by atoms with Crippen LogP contribution in [0.1, 0.15) is 36.9 Å². The van der Waals surface area contributed by atoms with Crippen molar-refractivity contribution in [3.8, 4) is 34.4 Å². The molecule has 1 saturated heterocycles. The first-order valence-corrected chi connectivity index (χ1v) is 13.0. The van der Waals surface area contributed by atoms with E-state index in [0.29, 0.717) is 47.1 Å². The summed E-state index contributed by atoms with van der Waals surface area (Å²) in [7, 11) is 1.47. The van der Waals surface area contributed by atoms with Gasteiger partial charge in [0.1, 0.15) is 34.4 Å². The van der Waals surface area contributed by atoms with Gasteiger partial charge in [0.05, 0.1) is 25.9 Å². The SMILES string of the molecule is COc1nc(-c2cnc(OC3CN(C(=O)OC(C)(C)C)C3)nc2)ccc1NC(=O)c1c(-c2ccccc2)noc1C. The molecule has 0 aliphatic carbocycles. The lowest BCUT2D eigenvalue weighted by Gasteiger charge is -2.38. The van der Waals surface area contributed by atoms with Gasteiger partial charge < -0.3 is 29.0 Å². The van der Waals surface area contributed by atoms with Crippen LogP contribution in [-0.2, 0) is 4.74 Å². The van der Waals surface area contributed by atoms with E-state index in [9.17, 15) is 9.59 Å². The Balaban J connectivity index is 1.24. The first-order valence-electron chi connectivity index (χ1n) is 13.0. The van der Waals surface area contributed by atoms with E-state index >= 15 is 0 Å². The van der Waals surface area contributed by atoms with Crippen molar-refractivity contribution in [3.63, 3.8) is 0 Å². The summed E-state index contributed by atoms with van der Waals surface area (Å²) in [5.74, 6) is 0.202. The first-order chi connectivity index (χ1) is 19.6. The molecule has 5 rings (SSSR count). The van der Waals surface area contributed by atoms with E-state index in [2.05, 4.69) is 25.4 Å². The van der Waals surface area contributed by atoms with Crippen molar-refractivity contribution in [1.82, 2.24) is 25.0 Å². The maximum absolute atomic E-state index is 13.2. The smallest absolute Gasteiger partial charge is 0.410 e. The summed E-state index contributed by atoms with van der Waals surface area (Å²) >= 11 is 0. The molecule has 3 aromatic heterocycles. The highest BCUT2D eigenvalue weighted by Gasteiger charge is 2.35. The van der Waals surface area contributed by atoms with Gasteiger partial charge in [0.2, 0.25) is 5.88 Å². The van der Waals surface area contributed by atoms with Crippen molar-refractivity contribution in [2.75, 3.05) is 25.5 Å². The molecule has 1 aromatic carbocycles. The Kier molecular flexibility index (Phi) is 7.56. The molecule has 212 valence electrons. The van der Waals surface area contributed by atoms with Crippen LogP contribution in [0.3, 0.4) is 0 Å². The largest absolute Gasteiger partial charge is 0.479 e. The van der Waals surface area contributed by atoms with Crippen molar-refractivity contribution >= 4 is 17.7 Å². The number of likely N-dealkylation sites (tertiary alicyclic amines) is 1. The summed E-state index contributed by atoms with van der Waals surface area (Å²) in [5, 5.41) is 6.92. The van der Waals surface area contributed by atoms with E-state index in [1.807, 2.05) is 51.1 Å². The number of aromatic nitrogens is 4. The summed E-state index contributed by atoms with van der Waals surface area (Å²) in [5.41, 5.74) is 2.53. The minimum Gasteiger partial charge on any atom is -0.479 e. The molecular weight excluding hydrogens is 528 g/mol. The molecule has 0 radical (unpaired) electrons. The van der Waals surface area contributed by atoms with Gasteiger partial charge in [0.15, 0.2) is 0 Å². The number of methoxy groups -OCH3 is 1. The van der Waals surface area contributed by atoms with E-state index in [1.165, 1.54) is 7.11 Å². The minimum atomic E-state index is -0.551. The molecule has 1 aliphatic rings. The molecule has 0 spiro atoms. The Morgan fingerprint density at radius 3 is 2.39 bits per heavy atom. The topological polar surface area (TPSA) is 142 Å². The maximum Gasteiger partial charge on any atom is 0.410 e. The number of carbonyl (C=O) groups excluding carboxylic acids is 2. The fourth-order valence-corrected chi connectivity index (χ4v) is 4.12. The zero-order chi connectivity index (χ0) is 29.1. The second-order valence-electron chi connectivity index (χ2n) is 10.4. The predicted molar refractivity (Wildman–Crippen MR) is 149 cm³/mol. The van der Waals surface area contributed by atoms with Gasteiger partial charge in [-0.3, -0.25) is 4.79 Å². The monoisotopic (exact) mass is 558 g/mol. The van der Waals surface area contributed by atoms with Crippen LogP contribution in [0.4, 0.5) is 10.5 Å². The lowest BCUT2D eigenvalue weighted by atomic mass is 10.1. The number of benzene rings is 1. The number of amides is 2. The highest BCUT2D eigenvalue weighted by atomic mass is 16.6. The van der Waals surface area contributed by atoms with Crippen molar-refractivity contribution in [2.24, 2.45) is 0 Å². The van der Waals surface area contributed by atoms with Crippen molar-refractivity contribution in [2.45, 2.75) is 39.4 Å². The normalized spacial score (nSPS) is 13.3. The molecule has 2 amide bonds. The Hall–Kier alpha value is -5.00. The molecule has 41 heavy (non-hydrogen) atoms. The van der Waals surface area contributed by atoms with E-state index in [4.69, 9.17) is 18.7 Å². The standard InChI is InChI=1S/C29H30N6O6/c1-17-23(24(34-41-17)18-9-7-6-8-10-18)25(36)32-22-12-11-21(33-26(22)38-5)19-13-30-27(31-14-19)39-20-15-35(16-20)28(37)40-29(2,3)4/h6-14,20H,15-16H2,1-5H3,(H,32,36). The van der Waals surface area contributed by atoms with Crippen LogP contribution >= 0.6 is 0 Å². The Bertz CT molecular complexity index is 1540. The third-order valence-electron chi connectivity index (χ3n) is 6.13. The number of hydrogen-bond acceptors (Lipinski definition) is 10. The lowest BCUT2D eigenvalue weighted by Crippen LogP contribution is -2.57. The summed E-state index contributed by atoms with van der Waals surface area (Å²) in [6, 6.07) is 12.9. The molecule has 0 saturated carbocycles. The summed E-state index contributed by atoms with van der Waals surface area (Å²) in [4.78, 5) is 40.0. The Morgan fingerprint density at radius 2 is 1.73 bits per heavy atom. The second-order valence-corrected chi connectivity index (χ2v) is 10.4. The van der Waals surface area contributed by atoms with Gasteiger partial charge in [-0.2, -0.15) is 0 Å². The maximum atomic E-state index is 13.2. The lowest BCUT2D eigenvalue weighted by molar-refractivity contribution is -0.0244. The average molecular weight is 559 g/mol. The quantitative estimate of drug-likeness (QED) is 0.337. The van der Waals surface area contributed by atoms with Gasteiger partial charge in [-0.25, -0.2) is 19.7 Å². The zero-order valence-electron chi connectivity index (χ0n) is 23.4. The third kappa shape index (κ3) is 6.26. The Labute approximate surface area is 236 Å². The van der Waals surface area contributed by atoms with Gasteiger partial charge in [-0.05, 0) is 39.8 Å². The van der Waals surface area contributed by atoms with E-state index < -0.39 is 11.5 Å². The first kappa shape index (κ1) is 27.6. The van der Waals surface area contributed by atoms with Gasteiger partial charge in [-0.15, -0.1) is 0 Å². The number of nitrogens with zero attached hydrogens (tertiary/aromatic N) is 5. The molecule has 1 aliphatic heterocycles. The molecule has 12 heteroatoms. The molecule has 1 fully saturated rings. The zero-order valence-corrected chi connectivity index (χ0v) is 23.4. The fourth-order valence-electron chi connectivity index (χ4n) is 4.12. The Morgan fingerprint density at radius 1 is 1.02 bits per heavy atom. The summed E-state index contributed by atoms with van der Waals surface area (Å²) < 4.78 is 21.9. The number of pyridine rings is 1. The predicted octanol–water partition coefficient (Wildman–Crippen LogP) is 4.76. The van der Waals surface area contributed by atoms with Crippen LogP contribution in [0.5, 0.6) is 11.9 Å².